The first-order valence-electron chi connectivity index (χ1n) is 10.9. The van der Waals surface area contributed by atoms with Crippen molar-refractivity contribution in [1.29, 1.82) is 0 Å². The van der Waals surface area contributed by atoms with E-state index in [9.17, 15) is 13.2 Å². The van der Waals surface area contributed by atoms with Gasteiger partial charge in [0, 0.05) is 30.3 Å². The standard InChI is InChI=1S/C24H29Cl2N3O4SSi/c1-24(2,3)35(5,6)33-15-21(17-7-8-18(25)19(26)13-17)29-12-10-16(14-22(29)30)20-9-11-27-23(28-20)34(4,31)32/h7-14,21H,15H2,1-6H3. The van der Waals surface area contributed by atoms with E-state index in [-0.39, 0.29) is 22.4 Å². The molecule has 3 rings (SSSR count). The molecule has 3 aromatic rings. The number of halogens is 2. The molecule has 35 heavy (non-hydrogen) atoms. The fourth-order valence-corrected chi connectivity index (χ4v) is 4.98. The van der Waals surface area contributed by atoms with Crippen LogP contribution in [0.3, 0.4) is 0 Å². The molecular formula is C24H29Cl2N3O4SSi. The van der Waals surface area contributed by atoms with Gasteiger partial charge < -0.3 is 8.99 Å². The summed E-state index contributed by atoms with van der Waals surface area (Å²) in [6, 6.07) is 9.52. The first kappa shape index (κ1) is 27.5. The Bertz CT molecular complexity index is 1400. The maximum absolute atomic E-state index is 13.3. The highest BCUT2D eigenvalue weighted by atomic mass is 35.5. The Kier molecular flexibility index (Phi) is 7.98. The van der Waals surface area contributed by atoms with E-state index in [4.69, 9.17) is 27.6 Å². The van der Waals surface area contributed by atoms with E-state index >= 15 is 0 Å². The number of hydrogen-bond donors (Lipinski definition) is 0. The molecule has 0 saturated heterocycles. The van der Waals surface area contributed by atoms with Crippen LogP contribution < -0.4 is 5.56 Å². The van der Waals surface area contributed by atoms with Crippen molar-refractivity contribution in [1.82, 2.24) is 14.5 Å². The third-order valence-electron chi connectivity index (χ3n) is 6.28. The molecule has 0 aliphatic carbocycles. The molecule has 0 radical (unpaired) electrons. The van der Waals surface area contributed by atoms with Crippen molar-refractivity contribution in [2.24, 2.45) is 0 Å². The average molecular weight is 555 g/mol. The molecule has 2 heterocycles. The van der Waals surface area contributed by atoms with E-state index in [0.29, 0.717) is 21.3 Å². The van der Waals surface area contributed by atoms with Gasteiger partial charge in [0.25, 0.3) is 5.56 Å². The molecule has 1 atom stereocenters. The van der Waals surface area contributed by atoms with Crippen molar-refractivity contribution in [2.45, 2.75) is 50.1 Å². The van der Waals surface area contributed by atoms with Crippen LogP contribution in [0, 0.1) is 0 Å². The molecule has 0 fully saturated rings. The second-order valence-electron chi connectivity index (χ2n) is 9.92. The van der Waals surface area contributed by atoms with Crippen LogP contribution >= 0.6 is 23.2 Å². The smallest absolute Gasteiger partial charge is 0.251 e. The van der Waals surface area contributed by atoms with Crippen LogP contribution in [0.2, 0.25) is 28.2 Å². The monoisotopic (exact) mass is 553 g/mol. The molecule has 0 aliphatic heterocycles. The summed E-state index contributed by atoms with van der Waals surface area (Å²) in [5.41, 5.74) is 1.32. The quantitative estimate of drug-likeness (QED) is 0.278. The van der Waals surface area contributed by atoms with Gasteiger partial charge in [0.05, 0.1) is 28.4 Å². The van der Waals surface area contributed by atoms with Gasteiger partial charge in [-0.3, -0.25) is 4.79 Å². The number of aromatic nitrogens is 3. The molecule has 0 saturated carbocycles. The lowest BCUT2D eigenvalue weighted by molar-refractivity contribution is 0.246. The summed E-state index contributed by atoms with van der Waals surface area (Å²) in [6.07, 6.45) is 4.05. The topological polar surface area (TPSA) is 91.2 Å². The fourth-order valence-electron chi connectivity index (χ4n) is 3.15. The third-order valence-corrected chi connectivity index (χ3v) is 12.4. The maximum atomic E-state index is 13.3. The average Bonchev–Trinajstić information content (AvgIpc) is 2.75. The highest BCUT2D eigenvalue weighted by molar-refractivity contribution is 7.90. The van der Waals surface area contributed by atoms with Crippen molar-refractivity contribution in [3.63, 3.8) is 0 Å². The van der Waals surface area contributed by atoms with Crippen molar-refractivity contribution in [3.05, 3.63) is 74.8 Å². The molecule has 7 nitrogen and oxygen atoms in total. The SMILES string of the molecule is CC(C)(C)[Si](C)(C)OCC(c1ccc(Cl)c(Cl)c1)n1ccc(-c2ccnc(S(C)(=O)=O)n2)cc1=O. The summed E-state index contributed by atoms with van der Waals surface area (Å²) in [5, 5.41) is 0.512. The van der Waals surface area contributed by atoms with Gasteiger partial charge in [0.1, 0.15) is 0 Å². The Morgan fingerprint density at radius 1 is 1.09 bits per heavy atom. The van der Waals surface area contributed by atoms with Crippen molar-refractivity contribution < 1.29 is 12.8 Å². The van der Waals surface area contributed by atoms with E-state index in [1.54, 1.807) is 35.0 Å². The van der Waals surface area contributed by atoms with Crippen molar-refractivity contribution in [2.75, 3.05) is 12.9 Å². The van der Waals surface area contributed by atoms with Crippen LogP contribution in [0.25, 0.3) is 11.3 Å². The number of sulfone groups is 1. The second kappa shape index (κ2) is 10.1. The lowest BCUT2D eigenvalue weighted by atomic mass is 10.1. The van der Waals surface area contributed by atoms with Crippen molar-refractivity contribution in [3.8, 4) is 11.3 Å². The second-order valence-corrected chi connectivity index (χ2v) is 17.5. The Labute approximate surface area is 217 Å². The lowest BCUT2D eigenvalue weighted by Crippen LogP contribution is -2.43. The minimum atomic E-state index is -3.58. The molecule has 188 valence electrons. The molecular weight excluding hydrogens is 525 g/mol. The molecule has 0 amide bonds. The molecule has 2 aromatic heterocycles. The van der Waals surface area contributed by atoms with Crippen LogP contribution in [0.1, 0.15) is 32.4 Å². The third kappa shape index (κ3) is 6.40. The van der Waals surface area contributed by atoms with Gasteiger partial charge in [-0.15, -0.1) is 0 Å². The number of benzene rings is 1. The van der Waals surface area contributed by atoms with Gasteiger partial charge >= 0.3 is 0 Å². The minimum Gasteiger partial charge on any atom is -0.414 e. The van der Waals surface area contributed by atoms with Crippen LogP contribution in [-0.4, -0.2) is 44.1 Å². The van der Waals surface area contributed by atoms with Gasteiger partial charge in [0.2, 0.25) is 15.0 Å². The lowest BCUT2D eigenvalue weighted by Gasteiger charge is -2.37. The van der Waals surface area contributed by atoms with Gasteiger partial charge in [-0.2, -0.15) is 0 Å². The summed E-state index contributed by atoms with van der Waals surface area (Å²) in [6.45, 7) is 11.0. The Balaban J connectivity index is 2.05. The molecule has 11 heteroatoms. The predicted molar refractivity (Wildman–Crippen MR) is 143 cm³/mol. The van der Waals surface area contributed by atoms with E-state index < -0.39 is 24.2 Å². The summed E-state index contributed by atoms with van der Waals surface area (Å²) >= 11 is 12.4. The highest BCUT2D eigenvalue weighted by Gasteiger charge is 2.38. The molecule has 1 aromatic carbocycles. The number of hydrogen-bond acceptors (Lipinski definition) is 6. The van der Waals surface area contributed by atoms with Crippen LogP contribution in [0.4, 0.5) is 0 Å². The van der Waals surface area contributed by atoms with Gasteiger partial charge in [0.15, 0.2) is 8.32 Å². The molecule has 0 aliphatic rings. The predicted octanol–water partition coefficient (Wildman–Crippen LogP) is 5.63. The van der Waals surface area contributed by atoms with Crippen LogP contribution in [-0.2, 0) is 14.3 Å². The summed E-state index contributed by atoms with van der Waals surface area (Å²) < 4.78 is 31.7. The number of rotatable bonds is 7. The van der Waals surface area contributed by atoms with E-state index in [0.717, 1.165) is 11.8 Å². The van der Waals surface area contributed by atoms with E-state index in [2.05, 4.69) is 43.8 Å². The summed E-state index contributed by atoms with van der Waals surface area (Å²) in [4.78, 5) is 21.2. The minimum absolute atomic E-state index is 0.00561. The zero-order valence-corrected chi connectivity index (χ0v) is 23.9. The Morgan fingerprint density at radius 3 is 2.34 bits per heavy atom. The fraction of sp³-hybridized carbons (Fsp3) is 0.375. The van der Waals surface area contributed by atoms with Crippen LogP contribution in [0.5, 0.6) is 0 Å². The van der Waals surface area contributed by atoms with Gasteiger partial charge in [-0.1, -0.05) is 50.0 Å². The van der Waals surface area contributed by atoms with Crippen LogP contribution in [0.15, 0.2) is 58.7 Å². The molecule has 1 unspecified atom stereocenters. The molecule has 0 bridgehead atoms. The van der Waals surface area contributed by atoms with E-state index in [1.807, 2.05) is 6.07 Å². The van der Waals surface area contributed by atoms with E-state index in [1.165, 1.54) is 12.3 Å². The van der Waals surface area contributed by atoms with Gasteiger partial charge in [-0.05, 0) is 48.0 Å². The van der Waals surface area contributed by atoms with Crippen molar-refractivity contribution >= 4 is 41.4 Å². The normalized spacial score (nSPS) is 13.6. The zero-order chi connectivity index (χ0) is 26.2. The largest absolute Gasteiger partial charge is 0.414 e. The Hall–Kier alpha value is -2.04. The summed E-state index contributed by atoms with van der Waals surface area (Å²) in [7, 11) is -5.70. The summed E-state index contributed by atoms with van der Waals surface area (Å²) in [5.74, 6) is 0. The first-order chi connectivity index (χ1) is 16.1. The maximum Gasteiger partial charge on any atom is 0.251 e. The number of nitrogens with zero attached hydrogens (tertiary/aromatic N) is 3. The number of pyridine rings is 1. The zero-order valence-electron chi connectivity index (χ0n) is 20.5. The Morgan fingerprint density at radius 2 is 1.77 bits per heavy atom. The highest BCUT2D eigenvalue weighted by Crippen LogP contribution is 2.37. The first-order valence-corrected chi connectivity index (χ1v) is 16.5. The molecule has 0 N–H and O–H groups in total. The molecule has 0 spiro atoms. The van der Waals surface area contributed by atoms with Gasteiger partial charge in [-0.25, -0.2) is 18.4 Å².